The summed E-state index contributed by atoms with van der Waals surface area (Å²) in [5.41, 5.74) is 1.75. The smallest absolute Gasteiger partial charge is 0.188 e. The molecule has 0 fully saturated rings. The molecule has 1 aromatic rings. The van der Waals surface area contributed by atoms with Crippen LogP contribution < -0.4 is 0 Å². The highest BCUT2D eigenvalue weighted by Gasteiger charge is 2.06. The van der Waals surface area contributed by atoms with Crippen molar-refractivity contribution in [2.45, 2.75) is 6.92 Å². The first-order valence-electron chi connectivity index (χ1n) is 3.83. The Hall–Kier alpha value is -1.15. The third kappa shape index (κ3) is 1.92. The maximum Gasteiger partial charge on any atom is 0.188 e. The van der Waals surface area contributed by atoms with Gasteiger partial charge in [0.05, 0.1) is 0 Å². The van der Waals surface area contributed by atoms with Gasteiger partial charge in [-0.3, -0.25) is 4.79 Å². The Kier molecular flexibility index (Phi) is 3.00. The van der Waals surface area contributed by atoms with Crippen LogP contribution in [-0.2, 0) is 4.74 Å². The Labute approximate surface area is 72.2 Å². The summed E-state index contributed by atoms with van der Waals surface area (Å²) >= 11 is 0. The summed E-state index contributed by atoms with van der Waals surface area (Å²) in [7, 11) is 1.52. The minimum absolute atomic E-state index is 0.0376. The van der Waals surface area contributed by atoms with Gasteiger partial charge in [-0.05, 0) is 12.5 Å². The lowest BCUT2D eigenvalue weighted by molar-refractivity contribution is 0.0847. The van der Waals surface area contributed by atoms with Gasteiger partial charge in [0, 0.05) is 12.7 Å². The molecule has 1 aromatic carbocycles. The molecule has 0 atom stereocenters. The SMILES string of the molecule is COCC(=O)c1ccccc1C. The molecule has 0 bridgehead atoms. The van der Waals surface area contributed by atoms with Gasteiger partial charge in [-0.2, -0.15) is 0 Å². The van der Waals surface area contributed by atoms with Gasteiger partial charge in [-0.25, -0.2) is 0 Å². The third-order valence-corrected chi connectivity index (χ3v) is 1.72. The molecule has 0 spiro atoms. The fourth-order valence-corrected chi connectivity index (χ4v) is 1.09. The molecule has 0 radical (unpaired) electrons. The Bertz CT molecular complexity index is 279. The maximum atomic E-state index is 11.3. The van der Waals surface area contributed by atoms with Gasteiger partial charge in [-0.1, -0.05) is 24.3 Å². The van der Waals surface area contributed by atoms with Gasteiger partial charge >= 0.3 is 0 Å². The number of methoxy groups -OCH3 is 1. The Morgan fingerprint density at radius 3 is 2.67 bits per heavy atom. The van der Waals surface area contributed by atoms with Gasteiger partial charge in [-0.15, -0.1) is 0 Å². The molecule has 0 heterocycles. The molecule has 64 valence electrons. The highest BCUT2D eigenvalue weighted by molar-refractivity contribution is 5.98. The minimum atomic E-state index is 0.0376. The first-order chi connectivity index (χ1) is 5.75. The lowest BCUT2D eigenvalue weighted by Gasteiger charge is -2.02. The largest absolute Gasteiger partial charge is 0.377 e. The summed E-state index contributed by atoms with van der Waals surface area (Å²) in [6.07, 6.45) is 0. The van der Waals surface area contributed by atoms with Crippen molar-refractivity contribution in [3.05, 3.63) is 35.4 Å². The summed E-state index contributed by atoms with van der Waals surface area (Å²) in [6, 6.07) is 7.51. The van der Waals surface area contributed by atoms with E-state index in [-0.39, 0.29) is 12.4 Å². The van der Waals surface area contributed by atoms with E-state index >= 15 is 0 Å². The fourth-order valence-electron chi connectivity index (χ4n) is 1.09. The summed E-state index contributed by atoms with van der Waals surface area (Å²) in [4.78, 5) is 11.3. The molecule has 0 aliphatic heterocycles. The third-order valence-electron chi connectivity index (χ3n) is 1.72. The van der Waals surface area contributed by atoms with Crippen LogP contribution in [0, 0.1) is 6.92 Å². The first kappa shape index (κ1) is 8.94. The minimum Gasteiger partial charge on any atom is -0.377 e. The Morgan fingerprint density at radius 2 is 2.08 bits per heavy atom. The molecule has 1 rings (SSSR count). The lowest BCUT2D eigenvalue weighted by Crippen LogP contribution is -2.08. The van der Waals surface area contributed by atoms with Crippen LogP contribution in [0.1, 0.15) is 15.9 Å². The number of hydrogen-bond acceptors (Lipinski definition) is 2. The molecule has 0 aromatic heterocycles. The van der Waals surface area contributed by atoms with Crippen LogP contribution in [0.15, 0.2) is 24.3 Å². The van der Waals surface area contributed by atoms with E-state index in [1.54, 1.807) is 0 Å². The molecular weight excluding hydrogens is 152 g/mol. The molecule has 0 aliphatic rings. The molecule has 12 heavy (non-hydrogen) atoms. The average molecular weight is 164 g/mol. The summed E-state index contributed by atoms with van der Waals surface area (Å²) in [6.45, 7) is 2.08. The fraction of sp³-hybridized carbons (Fsp3) is 0.300. The number of carbonyl (C=O) groups is 1. The zero-order valence-electron chi connectivity index (χ0n) is 7.33. The van der Waals surface area contributed by atoms with Crippen molar-refractivity contribution in [2.75, 3.05) is 13.7 Å². The van der Waals surface area contributed by atoms with E-state index in [9.17, 15) is 4.79 Å². The predicted molar refractivity (Wildman–Crippen MR) is 47.4 cm³/mol. The van der Waals surface area contributed by atoms with Crippen molar-refractivity contribution in [3.63, 3.8) is 0 Å². The van der Waals surface area contributed by atoms with Crippen LogP contribution >= 0.6 is 0 Å². The highest BCUT2D eigenvalue weighted by Crippen LogP contribution is 2.07. The number of ether oxygens (including phenoxy) is 1. The number of hydrogen-bond donors (Lipinski definition) is 0. The van der Waals surface area contributed by atoms with Crippen molar-refractivity contribution >= 4 is 5.78 Å². The topological polar surface area (TPSA) is 26.3 Å². The zero-order valence-corrected chi connectivity index (χ0v) is 7.33. The zero-order chi connectivity index (χ0) is 8.97. The molecule has 0 unspecified atom stereocenters. The maximum absolute atomic E-state index is 11.3. The number of benzene rings is 1. The number of carbonyl (C=O) groups excluding carboxylic acids is 1. The Balaban J connectivity index is 2.87. The average Bonchev–Trinajstić information content (AvgIpc) is 2.05. The van der Waals surface area contributed by atoms with Crippen LogP contribution in [-0.4, -0.2) is 19.5 Å². The Morgan fingerprint density at radius 1 is 1.42 bits per heavy atom. The van der Waals surface area contributed by atoms with Crippen molar-refractivity contribution < 1.29 is 9.53 Å². The van der Waals surface area contributed by atoms with Crippen molar-refractivity contribution in [1.29, 1.82) is 0 Å². The van der Waals surface area contributed by atoms with E-state index in [1.807, 2.05) is 31.2 Å². The van der Waals surface area contributed by atoms with E-state index in [0.29, 0.717) is 0 Å². The number of ketones is 1. The predicted octanol–water partition coefficient (Wildman–Crippen LogP) is 1.82. The molecule has 0 aliphatic carbocycles. The van der Waals surface area contributed by atoms with Crippen LogP contribution in [0.5, 0.6) is 0 Å². The molecule has 0 saturated heterocycles. The van der Waals surface area contributed by atoms with Crippen molar-refractivity contribution in [3.8, 4) is 0 Å². The van der Waals surface area contributed by atoms with Crippen LogP contribution in [0.25, 0.3) is 0 Å². The molecule has 2 heteroatoms. The van der Waals surface area contributed by atoms with Crippen LogP contribution in [0.2, 0.25) is 0 Å². The van der Waals surface area contributed by atoms with E-state index in [4.69, 9.17) is 4.74 Å². The first-order valence-corrected chi connectivity index (χ1v) is 3.83. The summed E-state index contributed by atoms with van der Waals surface area (Å²) in [5.74, 6) is 0.0376. The van der Waals surface area contributed by atoms with Gasteiger partial charge in [0.2, 0.25) is 0 Å². The normalized spacial score (nSPS) is 9.83. The number of aryl methyl sites for hydroxylation is 1. The van der Waals surface area contributed by atoms with Crippen LogP contribution in [0.3, 0.4) is 0 Å². The summed E-state index contributed by atoms with van der Waals surface area (Å²) < 4.78 is 4.76. The van der Waals surface area contributed by atoms with E-state index in [2.05, 4.69) is 0 Å². The van der Waals surface area contributed by atoms with Gasteiger partial charge in [0.15, 0.2) is 5.78 Å². The number of rotatable bonds is 3. The van der Waals surface area contributed by atoms with Crippen molar-refractivity contribution in [1.82, 2.24) is 0 Å². The van der Waals surface area contributed by atoms with E-state index in [0.717, 1.165) is 11.1 Å². The molecule has 0 amide bonds. The monoisotopic (exact) mass is 164 g/mol. The molecule has 0 saturated carbocycles. The second-order valence-corrected chi connectivity index (χ2v) is 2.67. The summed E-state index contributed by atoms with van der Waals surface area (Å²) in [5, 5.41) is 0. The van der Waals surface area contributed by atoms with E-state index in [1.165, 1.54) is 7.11 Å². The number of Topliss-reactive ketones (excluding diaryl/α,β-unsaturated/α-hetero) is 1. The van der Waals surface area contributed by atoms with Gasteiger partial charge < -0.3 is 4.74 Å². The second-order valence-electron chi connectivity index (χ2n) is 2.67. The quantitative estimate of drug-likeness (QED) is 0.637. The molecular formula is C10H12O2. The molecule has 0 N–H and O–H groups in total. The van der Waals surface area contributed by atoms with Crippen LogP contribution in [0.4, 0.5) is 0 Å². The van der Waals surface area contributed by atoms with Crippen molar-refractivity contribution in [2.24, 2.45) is 0 Å². The lowest BCUT2D eigenvalue weighted by atomic mass is 10.1. The van der Waals surface area contributed by atoms with E-state index < -0.39 is 0 Å². The standard InChI is InChI=1S/C10H12O2/c1-8-5-3-4-6-9(8)10(11)7-12-2/h3-6H,7H2,1-2H3. The molecule has 2 nitrogen and oxygen atoms in total. The highest BCUT2D eigenvalue weighted by atomic mass is 16.5. The van der Waals surface area contributed by atoms with Gasteiger partial charge in [0.1, 0.15) is 6.61 Å². The van der Waals surface area contributed by atoms with Gasteiger partial charge in [0.25, 0.3) is 0 Å². The second kappa shape index (κ2) is 4.02.